The van der Waals surface area contributed by atoms with Crippen molar-refractivity contribution in [3.8, 4) is 0 Å². The fraction of sp³-hybridized carbons (Fsp3) is 0. The third kappa shape index (κ3) is 1.96. The summed E-state index contributed by atoms with van der Waals surface area (Å²) in [7, 11) is 0. The van der Waals surface area contributed by atoms with Gasteiger partial charge in [0.05, 0.1) is 30.1 Å². The summed E-state index contributed by atoms with van der Waals surface area (Å²) in [6, 6.07) is 3.21. The molecule has 0 saturated heterocycles. The van der Waals surface area contributed by atoms with Gasteiger partial charge in [-0.2, -0.15) is 0 Å². The van der Waals surface area contributed by atoms with E-state index in [-0.39, 0.29) is 10.0 Å². The molecule has 0 aliphatic carbocycles. The van der Waals surface area contributed by atoms with Crippen LogP contribution in [-0.4, -0.2) is 0 Å². The van der Waals surface area contributed by atoms with Crippen LogP contribution in [0.25, 0.3) is 10.8 Å². The molecule has 6 heteroatoms. The summed E-state index contributed by atoms with van der Waals surface area (Å²) in [4.78, 5) is 0. The van der Waals surface area contributed by atoms with E-state index in [0.717, 1.165) is 0 Å². The van der Waals surface area contributed by atoms with Gasteiger partial charge in [-0.05, 0) is 12.1 Å². The molecule has 0 atom stereocenters. The van der Waals surface area contributed by atoms with Gasteiger partial charge < -0.3 is 0 Å². The zero-order valence-electron chi connectivity index (χ0n) is 7.42. The fourth-order valence-electron chi connectivity index (χ4n) is 1.34. The minimum atomic E-state index is 0.208. The molecule has 0 aliphatic heterocycles. The monoisotopic (exact) mass is 332 g/mol. The van der Waals surface area contributed by atoms with Gasteiger partial charge >= 0.3 is 0 Å². The Morgan fingerprint density at radius 2 is 0.812 bits per heavy atom. The average Bonchev–Trinajstić information content (AvgIpc) is 2.26. The molecule has 0 fully saturated rings. The molecule has 0 aliphatic rings. The lowest BCUT2D eigenvalue weighted by Gasteiger charge is -2.09. The Balaban J connectivity index is 3.02. The van der Waals surface area contributed by atoms with Gasteiger partial charge in [0, 0.05) is 10.8 Å². The zero-order chi connectivity index (χ0) is 12.0. The molecule has 0 nitrogen and oxygen atoms in total. The smallest absolute Gasteiger partial charge is 0.0800 e. The van der Waals surface area contributed by atoms with Gasteiger partial charge in [-0.3, -0.25) is 0 Å². The zero-order valence-corrected chi connectivity index (χ0v) is 12.0. The van der Waals surface area contributed by atoms with Crippen molar-refractivity contribution in [3.63, 3.8) is 0 Å². The summed E-state index contributed by atoms with van der Waals surface area (Å²) in [6.07, 6.45) is 0. The second-order valence-corrected chi connectivity index (χ2v) is 5.39. The maximum atomic E-state index is 6.05. The van der Waals surface area contributed by atoms with Crippen LogP contribution in [0.1, 0.15) is 0 Å². The van der Waals surface area contributed by atoms with Crippen molar-refractivity contribution in [1.29, 1.82) is 0 Å². The van der Waals surface area contributed by atoms with E-state index < -0.39 is 0 Å². The lowest BCUT2D eigenvalue weighted by Crippen LogP contribution is -1.82. The molecule has 0 amide bonds. The number of hydrogen-bond acceptors (Lipinski definition) is 0. The highest BCUT2D eigenvalue weighted by Crippen LogP contribution is 2.44. The predicted octanol–water partition coefficient (Wildman–Crippen LogP) is 6.76. The highest BCUT2D eigenvalue weighted by Gasteiger charge is 2.16. The minimum absolute atomic E-state index is 0.208. The second-order valence-electron chi connectivity index (χ2n) is 3.07. The molecular formula is C10H2Cl6. The molecule has 0 N–H and O–H groups in total. The van der Waals surface area contributed by atoms with Gasteiger partial charge in [0.25, 0.3) is 0 Å². The van der Waals surface area contributed by atoms with Gasteiger partial charge in [-0.25, -0.2) is 0 Å². The second kappa shape index (κ2) is 4.61. The van der Waals surface area contributed by atoms with Gasteiger partial charge in [0.2, 0.25) is 0 Å². The van der Waals surface area contributed by atoms with Crippen molar-refractivity contribution < 1.29 is 0 Å². The Morgan fingerprint density at radius 1 is 0.500 bits per heavy atom. The molecule has 16 heavy (non-hydrogen) atoms. The van der Waals surface area contributed by atoms with E-state index in [9.17, 15) is 0 Å². The molecule has 0 aromatic heterocycles. The predicted molar refractivity (Wildman–Crippen MR) is 74.0 cm³/mol. The first-order valence-electron chi connectivity index (χ1n) is 4.04. The van der Waals surface area contributed by atoms with Crippen molar-refractivity contribution in [2.45, 2.75) is 0 Å². The number of rotatable bonds is 0. The lowest BCUT2D eigenvalue weighted by atomic mass is 10.1. The number of halogens is 6. The molecule has 2 rings (SSSR count). The van der Waals surface area contributed by atoms with E-state index in [0.29, 0.717) is 30.9 Å². The summed E-state index contributed by atoms with van der Waals surface area (Å²) in [5.41, 5.74) is 0. The van der Waals surface area contributed by atoms with E-state index in [1.165, 1.54) is 0 Å². The summed E-state index contributed by atoms with van der Waals surface area (Å²) < 4.78 is 0. The van der Waals surface area contributed by atoms with E-state index in [1.54, 1.807) is 12.1 Å². The molecular weight excluding hydrogens is 333 g/mol. The normalized spacial score (nSPS) is 11.1. The molecule has 0 saturated carbocycles. The third-order valence-electron chi connectivity index (χ3n) is 2.11. The molecule has 2 aromatic carbocycles. The first-order chi connectivity index (χ1) is 7.43. The van der Waals surface area contributed by atoms with E-state index >= 15 is 0 Å². The van der Waals surface area contributed by atoms with Crippen LogP contribution in [0, 0.1) is 0 Å². The topological polar surface area (TPSA) is 0 Å². The van der Waals surface area contributed by atoms with Crippen LogP contribution in [-0.2, 0) is 0 Å². The van der Waals surface area contributed by atoms with Crippen molar-refractivity contribution in [2.24, 2.45) is 0 Å². The molecule has 84 valence electrons. The van der Waals surface area contributed by atoms with Crippen LogP contribution in [0.5, 0.6) is 0 Å². The Morgan fingerprint density at radius 3 is 1.12 bits per heavy atom. The standard InChI is InChI=1S/C10H2Cl6/c11-5-1-3-4(2-6(5)12)8(14)10(16)9(15)7(3)13/h1-2H. The SMILES string of the molecule is Clc1cc2c(Cl)c(Cl)c(Cl)c(Cl)c2cc1Cl. The van der Waals surface area contributed by atoms with Gasteiger partial charge in [0.15, 0.2) is 0 Å². The minimum Gasteiger partial charge on any atom is -0.0827 e. The first-order valence-corrected chi connectivity index (χ1v) is 6.31. The van der Waals surface area contributed by atoms with E-state index in [2.05, 4.69) is 0 Å². The Kier molecular flexibility index (Phi) is 3.71. The number of fused-ring (bicyclic) bond motifs is 1. The van der Waals surface area contributed by atoms with Crippen molar-refractivity contribution in [3.05, 3.63) is 42.3 Å². The van der Waals surface area contributed by atoms with Gasteiger partial charge in [0.1, 0.15) is 0 Å². The fourth-order valence-corrected chi connectivity index (χ4v) is 2.66. The van der Waals surface area contributed by atoms with Crippen molar-refractivity contribution >= 4 is 80.4 Å². The van der Waals surface area contributed by atoms with E-state index in [1.807, 2.05) is 0 Å². The summed E-state index contributed by atoms with van der Waals surface area (Å²) in [6.45, 7) is 0. The Labute approximate surface area is 122 Å². The molecule has 2 aromatic rings. The molecule has 0 bridgehead atoms. The van der Waals surface area contributed by atoms with Crippen LogP contribution in [0.3, 0.4) is 0 Å². The summed E-state index contributed by atoms with van der Waals surface area (Å²) in [5, 5.41) is 3.04. The quantitative estimate of drug-likeness (QED) is 0.369. The lowest BCUT2D eigenvalue weighted by molar-refractivity contribution is 1.73. The largest absolute Gasteiger partial charge is 0.0827 e. The Hall–Kier alpha value is 0.440. The van der Waals surface area contributed by atoms with Crippen molar-refractivity contribution in [2.75, 3.05) is 0 Å². The highest BCUT2D eigenvalue weighted by molar-refractivity contribution is 6.56. The van der Waals surface area contributed by atoms with Crippen LogP contribution in [0.2, 0.25) is 30.1 Å². The molecule has 0 unspecified atom stereocenters. The van der Waals surface area contributed by atoms with Crippen molar-refractivity contribution in [1.82, 2.24) is 0 Å². The maximum Gasteiger partial charge on any atom is 0.0800 e. The summed E-state index contributed by atoms with van der Waals surface area (Å²) in [5.74, 6) is 0. The van der Waals surface area contributed by atoms with Gasteiger partial charge in [-0.1, -0.05) is 69.6 Å². The summed E-state index contributed by atoms with van der Waals surface area (Å²) >= 11 is 35.7. The third-order valence-corrected chi connectivity index (χ3v) is 4.66. The van der Waals surface area contributed by atoms with E-state index in [4.69, 9.17) is 69.6 Å². The Bertz CT molecular complexity index is 537. The van der Waals surface area contributed by atoms with Crippen LogP contribution in [0.15, 0.2) is 12.1 Å². The van der Waals surface area contributed by atoms with Crippen LogP contribution < -0.4 is 0 Å². The molecule has 0 radical (unpaired) electrons. The van der Waals surface area contributed by atoms with Crippen LogP contribution >= 0.6 is 69.6 Å². The first kappa shape index (κ1) is 12.9. The molecule has 0 heterocycles. The van der Waals surface area contributed by atoms with Gasteiger partial charge in [-0.15, -0.1) is 0 Å². The number of hydrogen-bond donors (Lipinski definition) is 0. The maximum absolute atomic E-state index is 6.05. The van der Waals surface area contributed by atoms with Crippen LogP contribution in [0.4, 0.5) is 0 Å². The number of benzene rings is 2. The molecule has 0 spiro atoms. The highest BCUT2D eigenvalue weighted by atomic mass is 35.5. The average molecular weight is 335 g/mol.